The lowest BCUT2D eigenvalue weighted by molar-refractivity contribution is 0.866. The van der Waals surface area contributed by atoms with E-state index in [1.54, 1.807) is 52.9 Å². The number of allylic oxidation sites excluding steroid dienone is 6. The summed E-state index contributed by atoms with van der Waals surface area (Å²) in [5, 5.41) is 4.28. The second kappa shape index (κ2) is 38.3. The molecule has 0 aliphatic carbocycles. The molecule has 0 heterocycles. The zero-order chi connectivity index (χ0) is 57.3. The number of benzene rings is 2. The third kappa shape index (κ3) is 33.4. The fourth-order valence-corrected chi connectivity index (χ4v) is 41.5. The van der Waals surface area contributed by atoms with Gasteiger partial charge in [-0.15, -0.1) is 39.5 Å². The minimum atomic E-state index is -1.43. The van der Waals surface area contributed by atoms with Crippen molar-refractivity contribution < 1.29 is 0 Å². The van der Waals surface area contributed by atoms with Gasteiger partial charge < -0.3 is 0 Å². The van der Waals surface area contributed by atoms with Gasteiger partial charge in [0, 0.05) is 5.33 Å². The first-order valence-corrected chi connectivity index (χ1v) is 59.6. The summed E-state index contributed by atoms with van der Waals surface area (Å²) in [5.41, 5.74) is 0. The molecule has 0 aliphatic rings. The topological polar surface area (TPSA) is 0 Å². The molecule has 0 saturated heterocycles. The molecule has 0 amide bonds. The van der Waals surface area contributed by atoms with Gasteiger partial charge in [0.25, 0.3) is 0 Å². The van der Waals surface area contributed by atoms with Gasteiger partial charge in [-0.1, -0.05) is 321 Å². The Morgan fingerprint density at radius 2 is 0.526 bits per heavy atom. The lowest BCUT2D eigenvalue weighted by atomic mass is 10.4. The average molecular weight is 1250 g/mol. The molecule has 0 saturated carbocycles. The van der Waals surface area contributed by atoms with E-state index in [0.29, 0.717) is 0 Å². The molecule has 0 aromatic heterocycles. The second-order valence-electron chi connectivity index (χ2n) is 28.8. The highest BCUT2D eigenvalue weighted by Crippen LogP contribution is 2.42. The Hall–Kier alpha value is -0.475. The van der Waals surface area contributed by atoms with Crippen LogP contribution >= 0.6 is 23.9 Å². The first kappa shape index (κ1) is 73.5. The van der Waals surface area contributed by atoms with Crippen LogP contribution in [0, 0.1) is 0 Å². The number of hydrogen-bond acceptors (Lipinski definition) is 0. The predicted molar refractivity (Wildman–Crippen MR) is 388 cm³/mol. The molecule has 0 radical (unpaired) electrons. The minimum absolute atomic E-state index is 0.303. The van der Waals surface area contributed by atoms with Crippen molar-refractivity contribution in [2.45, 2.75) is 251 Å². The summed E-state index contributed by atoms with van der Waals surface area (Å²) < 4.78 is 0. The van der Waals surface area contributed by atoms with Crippen molar-refractivity contribution in [3.63, 3.8) is 0 Å². The summed E-state index contributed by atoms with van der Waals surface area (Å²) in [6, 6.07) is 51.9. The maximum atomic E-state index is 4.11. The summed E-state index contributed by atoms with van der Waals surface area (Å²) in [6.07, 6.45) is 26.1. The first-order valence-electron chi connectivity index (χ1n) is 30.8. The molecule has 2 aromatic rings. The molecule has 2 aromatic carbocycles. The smallest absolute Gasteiger partial charge is 0.0535 e. The first-order chi connectivity index (χ1) is 35.7. The molecular formula is C66H124BrPSi8. The molecular weight excluding hydrogens is 1130 g/mol. The minimum Gasteiger partial charge on any atom is -0.103 e. The Balaban J connectivity index is 0.000000802. The summed E-state index contributed by atoms with van der Waals surface area (Å²) in [4.78, 5) is 0. The molecule has 0 atom stereocenters. The van der Waals surface area contributed by atoms with Gasteiger partial charge in [0.15, 0.2) is 0 Å². The van der Waals surface area contributed by atoms with E-state index in [9.17, 15) is 0 Å². The highest BCUT2D eigenvalue weighted by molar-refractivity contribution is 9.09. The van der Waals surface area contributed by atoms with Crippen LogP contribution in [0.4, 0.5) is 0 Å². The van der Waals surface area contributed by atoms with Crippen molar-refractivity contribution in [3.8, 4) is 0 Å². The number of alkyl halides is 1. The van der Waals surface area contributed by atoms with Gasteiger partial charge >= 0.3 is 0 Å². The van der Waals surface area contributed by atoms with Crippen molar-refractivity contribution in [3.05, 3.63) is 137 Å². The molecule has 10 heteroatoms. The number of rotatable bonds is 45. The van der Waals surface area contributed by atoms with E-state index in [4.69, 9.17) is 0 Å². The molecule has 0 unspecified atom stereocenters. The molecule has 2 rings (SSSR count). The molecule has 0 nitrogen and oxygen atoms in total. The largest absolute Gasteiger partial charge is 0.103 e. The van der Waals surface area contributed by atoms with Gasteiger partial charge in [0.2, 0.25) is 0 Å². The standard InChI is InChI=1S/C39H67PSi4.C27H57BrSi4/c1-10-28-41(4,5)31-20-35-44(36-21-32-42(6,7)29-11-2,37-22-33-43(8,9)30-12-3)34-19-27-40(38-23-15-13-16-24-38)39-25-17-14-18-26-39;1-10-18-29(4,5)21-14-25-32(24-13-17-28,26-15-22-30(6,7)19-11-2)27-16-23-31(8,9)20-12-3/h10-18,23-26H,1-3,19-22,27-37H2,4-9H3;10-12H,1-3,13-27H2,4-9H3. The van der Waals surface area contributed by atoms with Crippen molar-refractivity contribution in [1.82, 2.24) is 0 Å². The molecule has 0 bridgehead atoms. The number of hydrogen-bond donors (Lipinski definition) is 0. The lowest BCUT2D eigenvalue weighted by Crippen LogP contribution is -2.37. The van der Waals surface area contributed by atoms with Crippen LogP contribution < -0.4 is 10.6 Å². The van der Waals surface area contributed by atoms with Gasteiger partial charge in [-0.2, -0.15) is 0 Å². The molecule has 0 N–H and O–H groups in total. The van der Waals surface area contributed by atoms with Crippen LogP contribution in [0.3, 0.4) is 0 Å². The monoisotopic (exact) mass is 1250 g/mol. The average Bonchev–Trinajstić information content (AvgIpc) is 3.32. The van der Waals surface area contributed by atoms with Gasteiger partial charge in [-0.25, -0.2) is 0 Å². The van der Waals surface area contributed by atoms with Crippen molar-refractivity contribution in [2.24, 2.45) is 0 Å². The third-order valence-electron chi connectivity index (χ3n) is 17.6. The Kier molecular flexibility index (Phi) is 37.1. The highest BCUT2D eigenvalue weighted by Gasteiger charge is 2.36. The van der Waals surface area contributed by atoms with E-state index < -0.39 is 64.6 Å². The van der Waals surface area contributed by atoms with Gasteiger partial charge in [0.1, 0.15) is 0 Å². The number of halogens is 1. The van der Waals surface area contributed by atoms with Crippen LogP contribution in [0.1, 0.15) is 51.4 Å². The fraction of sp³-hybridized carbons (Fsp3) is 0.636. The maximum absolute atomic E-state index is 4.11. The summed E-state index contributed by atoms with van der Waals surface area (Å²) in [6.45, 7) is 55.4. The lowest BCUT2D eigenvalue weighted by Gasteiger charge is -2.36. The molecule has 0 aliphatic heterocycles. The second-order valence-corrected chi connectivity index (χ2v) is 73.3. The van der Waals surface area contributed by atoms with E-state index in [2.05, 4.69) is 231 Å². The zero-order valence-corrected chi connectivity index (χ0v) is 63.0. The quantitative estimate of drug-likeness (QED) is 0.0268. The summed E-state index contributed by atoms with van der Waals surface area (Å²) >= 11 is 3.77. The van der Waals surface area contributed by atoms with Crippen molar-refractivity contribution in [2.75, 3.05) is 11.5 Å². The van der Waals surface area contributed by atoms with Crippen LogP contribution in [0.5, 0.6) is 0 Å². The molecule has 432 valence electrons. The molecule has 0 spiro atoms. The van der Waals surface area contributed by atoms with Crippen LogP contribution in [0.15, 0.2) is 137 Å². The van der Waals surface area contributed by atoms with Gasteiger partial charge in [-0.05, 0) is 67.4 Å². The van der Waals surface area contributed by atoms with Crippen LogP contribution in [0.25, 0.3) is 0 Å². The molecule has 0 fully saturated rings. The normalized spacial score (nSPS) is 13.0. The SMILES string of the molecule is C=CC[Si](C)(C)CCC[Si](CCCBr)(CCC[Si](C)(C)CC=C)CCC[Si](C)(C)CC=C.C=CC[Si](C)(C)CCC[Si](CCCP(c1ccccc1)c1ccccc1)(CCC[Si](C)(C)CC=C)CCC[Si](C)(C)CC=C. The maximum Gasteiger partial charge on any atom is 0.0535 e. The summed E-state index contributed by atoms with van der Waals surface area (Å²) in [7, 11) is -9.79. The van der Waals surface area contributed by atoms with Crippen molar-refractivity contribution >= 4 is 99.1 Å². The fourth-order valence-electron chi connectivity index (χ4n) is 12.8. The predicted octanol–water partition coefficient (Wildman–Crippen LogP) is 23.9. The van der Waals surface area contributed by atoms with Crippen LogP contribution in [-0.2, 0) is 0 Å². The van der Waals surface area contributed by atoms with Crippen LogP contribution in [0.2, 0.25) is 199 Å². The Morgan fingerprint density at radius 3 is 0.737 bits per heavy atom. The summed E-state index contributed by atoms with van der Waals surface area (Å²) in [5.74, 6) is 0. The van der Waals surface area contributed by atoms with E-state index in [-0.39, 0.29) is 7.92 Å². The molecule has 76 heavy (non-hydrogen) atoms. The van der Waals surface area contributed by atoms with Crippen LogP contribution in [-0.4, -0.2) is 76.1 Å². The van der Waals surface area contributed by atoms with E-state index in [1.165, 1.54) is 141 Å². The van der Waals surface area contributed by atoms with E-state index in [1.807, 2.05) is 0 Å². The van der Waals surface area contributed by atoms with E-state index >= 15 is 0 Å². The van der Waals surface area contributed by atoms with Gasteiger partial charge in [-0.3, -0.25) is 0 Å². The Labute approximate surface area is 493 Å². The third-order valence-corrected chi connectivity index (χ3v) is 50.7. The van der Waals surface area contributed by atoms with Gasteiger partial charge in [0.05, 0.1) is 64.6 Å². The highest BCUT2D eigenvalue weighted by atomic mass is 79.9. The Bertz CT molecular complexity index is 1710. The van der Waals surface area contributed by atoms with E-state index in [0.717, 1.165) is 0 Å². The van der Waals surface area contributed by atoms with Crippen molar-refractivity contribution in [1.29, 1.82) is 0 Å². The zero-order valence-electron chi connectivity index (χ0n) is 52.5. The Morgan fingerprint density at radius 1 is 0.316 bits per heavy atom.